The molecule has 6 heteroatoms. The number of nitrogens with zero attached hydrogens (tertiary/aromatic N) is 2. The van der Waals surface area contributed by atoms with Gasteiger partial charge in [0.1, 0.15) is 0 Å². The Morgan fingerprint density at radius 2 is 2.33 bits per heavy atom. The molecule has 0 saturated heterocycles. The Kier molecular flexibility index (Phi) is 3.61. The Morgan fingerprint density at radius 1 is 1.60 bits per heavy atom. The quantitative estimate of drug-likeness (QED) is 0.665. The van der Waals surface area contributed by atoms with E-state index in [-0.39, 0.29) is 6.54 Å². The minimum Gasteiger partial charge on any atom is -0.478 e. The lowest BCUT2D eigenvalue weighted by molar-refractivity contribution is -0.131. The average molecular weight is 209 g/mol. The van der Waals surface area contributed by atoms with Gasteiger partial charge in [0.05, 0.1) is 12.2 Å². The number of aromatic nitrogens is 2. The van der Waals surface area contributed by atoms with Crippen LogP contribution in [0.25, 0.3) is 0 Å². The van der Waals surface area contributed by atoms with Crippen molar-refractivity contribution in [2.75, 3.05) is 0 Å². The molecule has 1 aromatic rings. The zero-order valence-corrected chi connectivity index (χ0v) is 8.17. The largest absolute Gasteiger partial charge is 0.478 e. The van der Waals surface area contributed by atoms with Crippen LogP contribution in [0.5, 0.6) is 0 Å². The van der Waals surface area contributed by atoms with Crippen LogP contribution in [-0.2, 0) is 23.2 Å². The number of hydrogen-bond donors (Lipinski definition) is 2. The minimum atomic E-state index is -1.15. The fraction of sp³-hybridized carbons (Fsp3) is 0.222. The highest BCUT2D eigenvalue weighted by Gasteiger charge is 1.99. The Labute approximate surface area is 86.2 Å². The van der Waals surface area contributed by atoms with E-state index in [4.69, 9.17) is 5.11 Å². The van der Waals surface area contributed by atoms with Gasteiger partial charge in [-0.1, -0.05) is 0 Å². The molecule has 0 unspecified atom stereocenters. The lowest BCUT2D eigenvalue weighted by atomic mass is 10.4. The van der Waals surface area contributed by atoms with Crippen molar-refractivity contribution in [3.8, 4) is 0 Å². The standard InChI is InChI=1S/C9H11N3O3/c1-12-5-4-7(11-12)6-10-8(13)2-3-9(14)15/h2-5H,6H2,1H3,(H,10,13)(H,14,15). The fourth-order valence-corrected chi connectivity index (χ4v) is 0.941. The molecule has 0 aromatic carbocycles. The third-order valence-corrected chi connectivity index (χ3v) is 1.59. The van der Waals surface area contributed by atoms with Crippen molar-refractivity contribution in [3.63, 3.8) is 0 Å². The first-order chi connectivity index (χ1) is 7.08. The van der Waals surface area contributed by atoms with Crippen molar-refractivity contribution in [3.05, 3.63) is 30.1 Å². The van der Waals surface area contributed by atoms with E-state index in [2.05, 4.69) is 10.4 Å². The second-order valence-electron chi connectivity index (χ2n) is 2.87. The molecule has 1 heterocycles. The lowest BCUT2D eigenvalue weighted by Gasteiger charge is -1.97. The molecule has 0 aliphatic carbocycles. The molecule has 0 bridgehead atoms. The number of nitrogens with one attached hydrogen (secondary N) is 1. The summed E-state index contributed by atoms with van der Waals surface area (Å²) in [6.07, 6.45) is 3.51. The van der Waals surface area contributed by atoms with Crippen LogP contribution in [0.1, 0.15) is 5.69 Å². The van der Waals surface area contributed by atoms with Crippen LogP contribution in [0.3, 0.4) is 0 Å². The second-order valence-corrected chi connectivity index (χ2v) is 2.87. The summed E-state index contributed by atoms with van der Waals surface area (Å²) in [6.45, 7) is 0.281. The number of aryl methyl sites for hydroxylation is 1. The van der Waals surface area contributed by atoms with Crippen molar-refractivity contribution in [2.45, 2.75) is 6.54 Å². The minimum absolute atomic E-state index is 0.281. The Bertz CT molecular complexity index is 395. The highest BCUT2D eigenvalue weighted by molar-refractivity contribution is 5.93. The van der Waals surface area contributed by atoms with E-state index in [0.717, 1.165) is 17.8 Å². The van der Waals surface area contributed by atoms with Crippen LogP contribution in [0.15, 0.2) is 24.4 Å². The molecule has 0 aliphatic heterocycles. The van der Waals surface area contributed by atoms with Gasteiger partial charge in [-0.25, -0.2) is 4.79 Å². The van der Waals surface area contributed by atoms with Crippen molar-refractivity contribution in [1.29, 1.82) is 0 Å². The topological polar surface area (TPSA) is 84.2 Å². The monoisotopic (exact) mass is 209 g/mol. The van der Waals surface area contributed by atoms with Gasteiger partial charge in [0, 0.05) is 25.4 Å². The number of amides is 1. The molecule has 2 N–H and O–H groups in total. The maximum atomic E-state index is 11.0. The van der Waals surface area contributed by atoms with Crippen LogP contribution < -0.4 is 5.32 Å². The summed E-state index contributed by atoms with van der Waals surface area (Å²) in [7, 11) is 1.77. The van der Waals surface area contributed by atoms with Crippen LogP contribution in [-0.4, -0.2) is 26.8 Å². The molecule has 6 nitrogen and oxygen atoms in total. The normalized spacial score (nSPS) is 10.5. The first-order valence-corrected chi connectivity index (χ1v) is 4.25. The zero-order chi connectivity index (χ0) is 11.3. The molecule has 1 amide bonds. The highest BCUT2D eigenvalue weighted by atomic mass is 16.4. The number of carboxylic acid groups (broad SMARTS) is 1. The molecule has 0 saturated carbocycles. The summed E-state index contributed by atoms with van der Waals surface area (Å²) in [4.78, 5) is 21.1. The van der Waals surface area contributed by atoms with E-state index in [1.54, 1.807) is 24.0 Å². The van der Waals surface area contributed by atoms with Gasteiger partial charge < -0.3 is 10.4 Å². The van der Waals surface area contributed by atoms with Crippen LogP contribution in [0, 0.1) is 0 Å². The Hall–Kier alpha value is -2.11. The average Bonchev–Trinajstić information content (AvgIpc) is 2.58. The fourth-order valence-electron chi connectivity index (χ4n) is 0.941. The van der Waals surface area contributed by atoms with Crippen molar-refractivity contribution >= 4 is 11.9 Å². The van der Waals surface area contributed by atoms with Crippen LogP contribution in [0.2, 0.25) is 0 Å². The maximum Gasteiger partial charge on any atom is 0.328 e. The number of rotatable bonds is 4. The molecule has 1 rings (SSSR count). The van der Waals surface area contributed by atoms with Crippen LogP contribution >= 0.6 is 0 Å². The molecular formula is C9H11N3O3. The van der Waals surface area contributed by atoms with Gasteiger partial charge in [0.25, 0.3) is 0 Å². The second kappa shape index (κ2) is 4.94. The van der Waals surface area contributed by atoms with Crippen LogP contribution in [0.4, 0.5) is 0 Å². The summed E-state index contributed by atoms with van der Waals surface area (Å²) in [5.74, 6) is -1.61. The van der Waals surface area contributed by atoms with Gasteiger partial charge in [-0.15, -0.1) is 0 Å². The lowest BCUT2D eigenvalue weighted by Crippen LogP contribution is -2.20. The van der Waals surface area contributed by atoms with Gasteiger partial charge in [0.15, 0.2) is 0 Å². The van der Waals surface area contributed by atoms with E-state index < -0.39 is 11.9 Å². The molecule has 0 atom stereocenters. The Balaban J connectivity index is 2.37. The molecule has 1 aromatic heterocycles. The molecular weight excluding hydrogens is 198 g/mol. The SMILES string of the molecule is Cn1ccc(CNC(=O)C=CC(=O)O)n1. The number of carboxylic acids is 1. The molecule has 0 fully saturated rings. The van der Waals surface area contributed by atoms with Gasteiger partial charge in [-0.2, -0.15) is 5.10 Å². The number of hydrogen-bond acceptors (Lipinski definition) is 3. The van der Waals surface area contributed by atoms with E-state index in [1.165, 1.54) is 0 Å². The van der Waals surface area contributed by atoms with E-state index in [9.17, 15) is 9.59 Å². The maximum absolute atomic E-state index is 11.0. The smallest absolute Gasteiger partial charge is 0.328 e. The number of carbonyl (C=O) groups is 2. The van der Waals surface area contributed by atoms with Gasteiger partial charge >= 0.3 is 5.97 Å². The van der Waals surface area contributed by atoms with Gasteiger partial charge in [-0.3, -0.25) is 9.48 Å². The molecule has 0 spiro atoms. The summed E-state index contributed by atoms with van der Waals surface area (Å²) in [6, 6.07) is 1.77. The molecule has 0 radical (unpaired) electrons. The summed E-state index contributed by atoms with van der Waals surface area (Å²) in [5, 5.41) is 14.8. The number of carbonyl (C=O) groups excluding carboxylic acids is 1. The molecule has 80 valence electrons. The highest BCUT2D eigenvalue weighted by Crippen LogP contribution is 1.92. The van der Waals surface area contributed by atoms with E-state index >= 15 is 0 Å². The summed E-state index contributed by atoms with van der Waals surface area (Å²) >= 11 is 0. The molecule has 15 heavy (non-hydrogen) atoms. The Morgan fingerprint density at radius 3 is 2.87 bits per heavy atom. The van der Waals surface area contributed by atoms with Gasteiger partial charge in [0.2, 0.25) is 5.91 Å². The molecule has 0 aliphatic rings. The third-order valence-electron chi connectivity index (χ3n) is 1.59. The third kappa shape index (κ3) is 4.08. The van der Waals surface area contributed by atoms with Crippen molar-refractivity contribution in [1.82, 2.24) is 15.1 Å². The number of aliphatic carboxylic acids is 1. The predicted octanol–water partition coefficient (Wildman–Crippen LogP) is -0.323. The first kappa shape index (κ1) is 11.0. The van der Waals surface area contributed by atoms with Gasteiger partial charge in [-0.05, 0) is 6.07 Å². The van der Waals surface area contributed by atoms with E-state index in [0.29, 0.717) is 0 Å². The summed E-state index contributed by atoms with van der Waals surface area (Å²) < 4.78 is 1.62. The van der Waals surface area contributed by atoms with Crippen molar-refractivity contribution < 1.29 is 14.7 Å². The van der Waals surface area contributed by atoms with Crippen molar-refractivity contribution in [2.24, 2.45) is 7.05 Å². The first-order valence-electron chi connectivity index (χ1n) is 4.25. The zero-order valence-electron chi connectivity index (χ0n) is 8.17. The predicted molar refractivity (Wildman–Crippen MR) is 51.8 cm³/mol. The summed E-state index contributed by atoms with van der Waals surface area (Å²) in [5.41, 5.74) is 0.717. The van der Waals surface area contributed by atoms with E-state index in [1.807, 2.05) is 0 Å².